The predicted molar refractivity (Wildman–Crippen MR) is 103 cm³/mol. The number of aromatic nitrogens is 3. The number of carbonyl (C=O) groups excluding carboxylic acids is 1. The molecule has 7 heteroatoms. The van der Waals surface area contributed by atoms with Crippen molar-refractivity contribution in [2.75, 3.05) is 26.8 Å². The summed E-state index contributed by atoms with van der Waals surface area (Å²) in [4.78, 5) is 18.9. The zero-order valence-electron chi connectivity index (χ0n) is 15.9. The van der Waals surface area contributed by atoms with Gasteiger partial charge in [0.15, 0.2) is 0 Å². The van der Waals surface area contributed by atoms with E-state index < -0.39 is 0 Å². The van der Waals surface area contributed by atoms with Crippen molar-refractivity contribution in [1.29, 1.82) is 0 Å². The molecule has 2 atom stereocenters. The van der Waals surface area contributed by atoms with Gasteiger partial charge in [-0.1, -0.05) is 18.2 Å². The first-order valence-electron chi connectivity index (χ1n) is 9.25. The van der Waals surface area contributed by atoms with Crippen LogP contribution in [0.5, 0.6) is 0 Å². The average molecular weight is 378 g/mol. The molecule has 3 aromatic rings. The van der Waals surface area contributed by atoms with Crippen LogP contribution in [0.2, 0.25) is 0 Å². The number of rotatable bonds is 5. The third-order valence-electron chi connectivity index (χ3n) is 5.16. The molecule has 0 bridgehead atoms. The second-order valence-corrected chi connectivity index (χ2v) is 7.03. The van der Waals surface area contributed by atoms with Crippen molar-refractivity contribution < 1.29 is 13.9 Å². The van der Waals surface area contributed by atoms with Gasteiger partial charge in [-0.05, 0) is 30.7 Å². The van der Waals surface area contributed by atoms with Crippen LogP contribution >= 0.6 is 0 Å². The van der Waals surface area contributed by atoms with Gasteiger partial charge in [-0.15, -0.1) is 10.2 Å². The van der Waals surface area contributed by atoms with Crippen LogP contribution in [-0.2, 0) is 4.74 Å². The smallest absolute Gasteiger partial charge is 0.255 e. The number of methoxy groups -OCH3 is 1. The Morgan fingerprint density at radius 3 is 2.79 bits per heavy atom. The van der Waals surface area contributed by atoms with Crippen LogP contribution in [0.1, 0.15) is 27.7 Å². The minimum absolute atomic E-state index is 0.0306. The lowest BCUT2D eigenvalue weighted by molar-refractivity contribution is 0.0774. The maximum absolute atomic E-state index is 13.0. The number of carbonyl (C=O) groups is 1. The van der Waals surface area contributed by atoms with Crippen molar-refractivity contribution in [1.82, 2.24) is 20.1 Å². The van der Waals surface area contributed by atoms with Crippen molar-refractivity contribution >= 4 is 5.91 Å². The maximum Gasteiger partial charge on any atom is 0.255 e. The molecule has 1 amide bonds. The third kappa shape index (κ3) is 3.53. The fourth-order valence-corrected chi connectivity index (χ4v) is 3.64. The molecule has 4 rings (SSSR count). The van der Waals surface area contributed by atoms with Crippen LogP contribution < -0.4 is 0 Å². The quantitative estimate of drug-likeness (QED) is 0.679. The molecule has 2 aromatic heterocycles. The molecule has 1 aliphatic rings. The van der Waals surface area contributed by atoms with E-state index in [9.17, 15) is 4.79 Å². The van der Waals surface area contributed by atoms with E-state index in [0.29, 0.717) is 37.0 Å². The number of hydrogen-bond donors (Lipinski definition) is 0. The molecular formula is C21H22N4O3. The molecule has 1 saturated heterocycles. The van der Waals surface area contributed by atoms with Crippen molar-refractivity contribution in [2.24, 2.45) is 5.92 Å². The highest BCUT2D eigenvalue weighted by Gasteiger charge is 2.40. The first-order valence-corrected chi connectivity index (χ1v) is 9.25. The van der Waals surface area contributed by atoms with Crippen LogP contribution in [0.4, 0.5) is 0 Å². The number of ether oxygens (including phenoxy) is 1. The predicted octanol–water partition coefficient (Wildman–Crippen LogP) is 2.94. The van der Waals surface area contributed by atoms with Gasteiger partial charge in [-0.25, -0.2) is 0 Å². The Bertz CT molecular complexity index is 957. The highest BCUT2D eigenvalue weighted by molar-refractivity contribution is 5.95. The number of pyridine rings is 1. The lowest BCUT2D eigenvalue weighted by Crippen LogP contribution is -2.30. The normalized spacial score (nSPS) is 19.1. The molecular weight excluding hydrogens is 356 g/mol. The van der Waals surface area contributed by atoms with Crippen molar-refractivity contribution in [2.45, 2.75) is 12.8 Å². The monoisotopic (exact) mass is 378 g/mol. The van der Waals surface area contributed by atoms with Crippen LogP contribution in [0, 0.1) is 12.8 Å². The van der Waals surface area contributed by atoms with Crippen molar-refractivity contribution in [3.63, 3.8) is 0 Å². The maximum atomic E-state index is 13.0. The van der Waals surface area contributed by atoms with Crippen LogP contribution in [0.15, 0.2) is 53.2 Å². The largest absolute Gasteiger partial charge is 0.420 e. The molecule has 0 N–H and O–H groups in total. The fourth-order valence-electron chi connectivity index (χ4n) is 3.64. The lowest BCUT2D eigenvalue weighted by Gasteiger charge is -2.17. The highest BCUT2D eigenvalue weighted by Crippen LogP contribution is 2.34. The molecule has 1 fully saturated rings. The summed E-state index contributed by atoms with van der Waals surface area (Å²) in [5.41, 5.74) is 2.41. The second kappa shape index (κ2) is 7.90. The van der Waals surface area contributed by atoms with Crippen LogP contribution in [-0.4, -0.2) is 52.8 Å². The summed E-state index contributed by atoms with van der Waals surface area (Å²) in [6.45, 7) is 3.52. The summed E-state index contributed by atoms with van der Waals surface area (Å²) in [6, 6.07) is 11.5. The Hall–Kier alpha value is -3.06. The first kappa shape index (κ1) is 18.3. The van der Waals surface area contributed by atoms with E-state index in [1.165, 1.54) is 0 Å². The van der Waals surface area contributed by atoms with E-state index in [1.807, 2.05) is 48.2 Å². The van der Waals surface area contributed by atoms with E-state index in [0.717, 1.165) is 11.1 Å². The van der Waals surface area contributed by atoms with Crippen molar-refractivity contribution in [3.05, 3.63) is 65.8 Å². The summed E-state index contributed by atoms with van der Waals surface area (Å²) in [6.07, 6.45) is 3.31. The molecule has 0 saturated carbocycles. The average Bonchev–Trinajstić information content (AvgIpc) is 3.36. The molecule has 3 heterocycles. The van der Waals surface area contributed by atoms with E-state index in [4.69, 9.17) is 9.15 Å². The summed E-state index contributed by atoms with van der Waals surface area (Å²) in [5.74, 6) is 1.02. The van der Waals surface area contributed by atoms with Gasteiger partial charge in [0.2, 0.25) is 11.8 Å². The van der Waals surface area contributed by atoms with Gasteiger partial charge in [0.05, 0.1) is 18.1 Å². The minimum Gasteiger partial charge on any atom is -0.420 e. The van der Waals surface area contributed by atoms with Gasteiger partial charge in [0.1, 0.15) is 0 Å². The first-order chi connectivity index (χ1) is 13.7. The van der Waals surface area contributed by atoms with Gasteiger partial charge in [-0.2, -0.15) is 0 Å². The number of hydrogen-bond acceptors (Lipinski definition) is 6. The molecule has 1 aliphatic heterocycles. The Kier molecular flexibility index (Phi) is 5.16. The van der Waals surface area contributed by atoms with E-state index >= 15 is 0 Å². The summed E-state index contributed by atoms with van der Waals surface area (Å²) >= 11 is 0. The van der Waals surface area contributed by atoms with Gasteiger partial charge in [0.25, 0.3) is 5.91 Å². The van der Waals surface area contributed by atoms with E-state index in [2.05, 4.69) is 15.2 Å². The Morgan fingerprint density at radius 2 is 2.04 bits per heavy atom. The minimum atomic E-state index is -0.0640. The SMILES string of the molecule is COC[C@@H]1CN(C(=O)c2cnccc2C)C[C@H]1c1nnc(-c2ccccc2)o1. The summed E-state index contributed by atoms with van der Waals surface area (Å²) in [5, 5.41) is 8.47. The lowest BCUT2D eigenvalue weighted by atomic mass is 9.97. The Labute approximate surface area is 163 Å². The van der Waals surface area contributed by atoms with E-state index in [-0.39, 0.29) is 17.7 Å². The van der Waals surface area contributed by atoms with Gasteiger partial charge in [-0.3, -0.25) is 9.78 Å². The molecule has 0 spiro atoms. The number of amides is 1. The number of aryl methyl sites for hydroxylation is 1. The molecule has 1 aromatic carbocycles. The standard InChI is InChI=1S/C21H22N4O3/c1-14-8-9-22-10-17(14)21(26)25-11-16(13-27-2)18(12-25)20-24-23-19(28-20)15-6-4-3-5-7-15/h3-10,16,18H,11-13H2,1-2H3/t16-,18+/m0/s1. The zero-order chi connectivity index (χ0) is 19.5. The zero-order valence-corrected chi connectivity index (χ0v) is 15.9. The molecule has 0 radical (unpaired) electrons. The number of benzene rings is 1. The summed E-state index contributed by atoms with van der Waals surface area (Å²) < 4.78 is 11.3. The van der Waals surface area contributed by atoms with Gasteiger partial charge < -0.3 is 14.1 Å². The Morgan fingerprint density at radius 1 is 1.21 bits per heavy atom. The molecule has 0 unspecified atom stereocenters. The van der Waals surface area contributed by atoms with Gasteiger partial charge >= 0.3 is 0 Å². The van der Waals surface area contributed by atoms with Gasteiger partial charge in [0, 0.05) is 44.1 Å². The van der Waals surface area contributed by atoms with Crippen LogP contribution in [0.25, 0.3) is 11.5 Å². The number of likely N-dealkylation sites (tertiary alicyclic amines) is 1. The summed E-state index contributed by atoms with van der Waals surface area (Å²) in [7, 11) is 1.66. The second-order valence-electron chi connectivity index (χ2n) is 7.03. The number of nitrogens with zero attached hydrogens (tertiary/aromatic N) is 4. The molecule has 144 valence electrons. The molecule has 7 nitrogen and oxygen atoms in total. The molecule has 28 heavy (non-hydrogen) atoms. The Balaban J connectivity index is 1.58. The van der Waals surface area contributed by atoms with E-state index in [1.54, 1.807) is 19.5 Å². The third-order valence-corrected chi connectivity index (χ3v) is 5.16. The van der Waals surface area contributed by atoms with Crippen LogP contribution in [0.3, 0.4) is 0 Å². The highest BCUT2D eigenvalue weighted by atomic mass is 16.5. The molecule has 0 aliphatic carbocycles. The fraction of sp³-hybridized carbons (Fsp3) is 0.333. The topological polar surface area (TPSA) is 81.4 Å². The van der Waals surface area contributed by atoms with Crippen molar-refractivity contribution in [3.8, 4) is 11.5 Å².